The summed E-state index contributed by atoms with van der Waals surface area (Å²) in [5, 5.41) is 9.48. The monoisotopic (exact) mass is 228 g/mol. The van der Waals surface area contributed by atoms with E-state index in [9.17, 15) is 5.21 Å². The Labute approximate surface area is 79.9 Å². The van der Waals surface area contributed by atoms with E-state index in [0.29, 0.717) is 0 Å². The molecule has 1 aliphatic carbocycles. The molecule has 1 N–H and O–H groups in total. The molecule has 2 rings (SSSR count). The Morgan fingerprint density at radius 1 is 1.33 bits per heavy atom. The van der Waals surface area contributed by atoms with Crippen LogP contribution in [0.3, 0.4) is 0 Å². The third-order valence-electron chi connectivity index (χ3n) is 2.37. The lowest BCUT2D eigenvalue weighted by molar-refractivity contribution is -0.910. The van der Waals surface area contributed by atoms with Crippen LogP contribution in [0.2, 0.25) is 0 Å². The molecule has 0 saturated carbocycles. The van der Waals surface area contributed by atoms with Crippen molar-refractivity contribution in [2.75, 3.05) is 0 Å². The third-order valence-corrected chi connectivity index (χ3v) is 3.11. The summed E-state index contributed by atoms with van der Waals surface area (Å²) in [7, 11) is 0. The summed E-state index contributed by atoms with van der Waals surface area (Å²) in [5.41, 5.74) is 2.34. The highest BCUT2D eigenvalue weighted by molar-refractivity contribution is 9.10. The van der Waals surface area contributed by atoms with E-state index in [-0.39, 0.29) is 0 Å². The minimum absolute atomic E-state index is 0.991. The molecule has 1 aromatic rings. The predicted octanol–water partition coefficient (Wildman–Crippen LogP) is 1.85. The zero-order valence-electron chi connectivity index (χ0n) is 6.76. The number of fused-ring (bicyclic) bond motifs is 1. The average Bonchev–Trinajstić information content (AvgIpc) is 2.12. The summed E-state index contributed by atoms with van der Waals surface area (Å²) >= 11 is 3.49. The fraction of sp³-hybridized carbons (Fsp3) is 0.444. The molecule has 1 aliphatic rings. The minimum atomic E-state index is 0.991. The first-order chi connectivity index (χ1) is 5.79. The second-order valence-corrected chi connectivity index (χ2v) is 3.99. The quantitative estimate of drug-likeness (QED) is 0.532. The topological polar surface area (TPSA) is 24.1 Å². The van der Waals surface area contributed by atoms with Gasteiger partial charge in [-0.15, -0.1) is 0 Å². The van der Waals surface area contributed by atoms with E-state index in [2.05, 4.69) is 15.9 Å². The average molecular weight is 229 g/mol. The fourth-order valence-electron chi connectivity index (χ4n) is 1.73. The lowest BCUT2D eigenvalue weighted by Crippen LogP contribution is -2.37. The van der Waals surface area contributed by atoms with Gasteiger partial charge < -0.3 is 0 Å². The van der Waals surface area contributed by atoms with E-state index in [0.717, 1.165) is 23.0 Å². The highest BCUT2D eigenvalue weighted by Gasteiger charge is 2.22. The Balaban J connectivity index is 2.57. The molecule has 0 unspecified atom stereocenters. The first-order valence-electron chi connectivity index (χ1n) is 4.20. The zero-order chi connectivity index (χ0) is 8.55. The summed E-state index contributed by atoms with van der Waals surface area (Å²) < 4.78 is 2.38. The van der Waals surface area contributed by atoms with E-state index in [1.807, 2.05) is 6.07 Å². The summed E-state index contributed by atoms with van der Waals surface area (Å²) in [6, 6.07) is 1.89. The largest absolute Gasteiger partial charge is 0.285 e. The maximum absolute atomic E-state index is 9.48. The molecule has 0 saturated heterocycles. The van der Waals surface area contributed by atoms with Crippen molar-refractivity contribution < 1.29 is 9.94 Å². The summed E-state index contributed by atoms with van der Waals surface area (Å²) in [6.07, 6.45) is 6.18. The molecule has 0 radical (unpaired) electrons. The molecule has 0 amide bonds. The van der Waals surface area contributed by atoms with Gasteiger partial charge in [0.25, 0.3) is 0 Å². The summed E-state index contributed by atoms with van der Waals surface area (Å²) in [4.78, 5) is 0. The van der Waals surface area contributed by atoms with Crippen LogP contribution in [-0.2, 0) is 12.8 Å². The summed E-state index contributed by atoms with van der Waals surface area (Å²) in [5.74, 6) is 0. The molecule has 1 heterocycles. The van der Waals surface area contributed by atoms with Crippen LogP contribution in [0, 0.1) is 0 Å². The first-order valence-corrected chi connectivity index (χ1v) is 4.99. The van der Waals surface area contributed by atoms with Crippen molar-refractivity contribution in [1.29, 1.82) is 0 Å². The van der Waals surface area contributed by atoms with Crippen molar-refractivity contribution in [3.8, 4) is 0 Å². The predicted molar refractivity (Wildman–Crippen MR) is 48.2 cm³/mol. The Morgan fingerprint density at radius 2 is 2.08 bits per heavy atom. The van der Waals surface area contributed by atoms with Crippen LogP contribution in [0.1, 0.15) is 24.1 Å². The highest BCUT2D eigenvalue weighted by atomic mass is 79.9. The summed E-state index contributed by atoms with van der Waals surface area (Å²) in [6.45, 7) is 0. The second kappa shape index (κ2) is 3.05. The van der Waals surface area contributed by atoms with Gasteiger partial charge >= 0.3 is 0 Å². The second-order valence-electron chi connectivity index (χ2n) is 3.14. The SMILES string of the molecule is O[n+]1ccc(Br)c2c1CCCC2. The molecule has 2 nitrogen and oxygen atoms in total. The Hall–Kier alpha value is -0.570. The number of hydrogen-bond acceptors (Lipinski definition) is 1. The van der Waals surface area contributed by atoms with Crippen molar-refractivity contribution in [3.63, 3.8) is 0 Å². The smallest absolute Gasteiger partial charge is 0.238 e. The Kier molecular flexibility index (Phi) is 2.05. The lowest BCUT2D eigenvalue weighted by atomic mass is 9.96. The zero-order valence-corrected chi connectivity index (χ0v) is 8.34. The maximum atomic E-state index is 9.48. The number of halogens is 1. The third kappa shape index (κ3) is 1.22. The normalized spacial score (nSPS) is 15.8. The minimum Gasteiger partial charge on any atom is -0.285 e. The van der Waals surface area contributed by atoms with Crippen LogP contribution in [0.15, 0.2) is 16.7 Å². The van der Waals surface area contributed by atoms with Crippen LogP contribution in [0.25, 0.3) is 0 Å². The fourth-order valence-corrected chi connectivity index (χ4v) is 2.27. The van der Waals surface area contributed by atoms with E-state index in [1.54, 1.807) is 6.20 Å². The Bertz CT molecular complexity index is 281. The molecule has 0 atom stereocenters. The van der Waals surface area contributed by atoms with Gasteiger partial charge in [-0.2, -0.15) is 0 Å². The van der Waals surface area contributed by atoms with Crippen molar-refractivity contribution in [2.45, 2.75) is 25.7 Å². The van der Waals surface area contributed by atoms with Gasteiger partial charge in [-0.25, -0.2) is 0 Å². The molecule has 3 heteroatoms. The van der Waals surface area contributed by atoms with Gasteiger partial charge in [-0.3, -0.25) is 5.21 Å². The molecular weight excluding hydrogens is 218 g/mol. The van der Waals surface area contributed by atoms with E-state index in [1.165, 1.54) is 23.1 Å². The van der Waals surface area contributed by atoms with E-state index < -0.39 is 0 Å². The number of hydrogen-bond donors (Lipinski definition) is 1. The lowest BCUT2D eigenvalue weighted by Gasteiger charge is -2.11. The molecule has 0 fully saturated rings. The van der Waals surface area contributed by atoms with Gasteiger partial charge in [0.05, 0.1) is 0 Å². The van der Waals surface area contributed by atoms with Crippen LogP contribution in [-0.4, -0.2) is 5.21 Å². The number of rotatable bonds is 0. The van der Waals surface area contributed by atoms with Crippen molar-refractivity contribution in [3.05, 3.63) is 28.0 Å². The molecular formula is C9H11BrNO+. The van der Waals surface area contributed by atoms with Gasteiger partial charge in [-0.05, 0) is 19.3 Å². The van der Waals surface area contributed by atoms with Crippen LogP contribution in [0.4, 0.5) is 0 Å². The van der Waals surface area contributed by atoms with Crippen LogP contribution < -0.4 is 4.73 Å². The molecule has 0 aliphatic heterocycles. The van der Waals surface area contributed by atoms with Crippen molar-refractivity contribution >= 4 is 15.9 Å². The molecule has 0 bridgehead atoms. The highest BCUT2D eigenvalue weighted by Crippen LogP contribution is 2.24. The van der Waals surface area contributed by atoms with Gasteiger partial charge in [0.1, 0.15) is 0 Å². The van der Waals surface area contributed by atoms with Crippen LogP contribution in [0.5, 0.6) is 0 Å². The Morgan fingerprint density at radius 3 is 2.83 bits per heavy atom. The molecule has 64 valence electrons. The van der Waals surface area contributed by atoms with Gasteiger partial charge in [-0.1, -0.05) is 15.9 Å². The van der Waals surface area contributed by atoms with Crippen molar-refractivity contribution in [2.24, 2.45) is 0 Å². The molecule has 0 aromatic carbocycles. The standard InChI is InChI=1S/C9H11BrNO/c10-8-5-6-11(12)9-4-2-1-3-7(8)9/h5-6,12H,1-4H2/q+1. The van der Waals surface area contributed by atoms with Gasteiger partial charge in [0.15, 0.2) is 0 Å². The molecule has 12 heavy (non-hydrogen) atoms. The first kappa shape index (κ1) is 8.05. The van der Waals surface area contributed by atoms with Gasteiger partial charge in [0.2, 0.25) is 11.9 Å². The van der Waals surface area contributed by atoms with Crippen molar-refractivity contribution in [1.82, 2.24) is 0 Å². The maximum Gasteiger partial charge on any atom is 0.238 e. The number of nitrogens with zero attached hydrogens (tertiary/aromatic N) is 1. The molecule has 1 aromatic heterocycles. The van der Waals surface area contributed by atoms with Gasteiger partial charge in [0, 0.05) is 27.3 Å². The van der Waals surface area contributed by atoms with E-state index >= 15 is 0 Å². The molecule has 0 spiro atoms. The van der Waals surface area contributed by atoms with E-state index in [4.69, 9.17) is 0 Å². The number of aromatic nitrogens is 1. The number of pyridine rings is 1. The van der Waals surface area contributed by atoms with Crippen LogP contribution >= 0.6 is 15.9 Å².